The van der Waals surface area contributed by atoms with Gasteiger partial charge in [0.05, 0.1) is 7.11 Å². The maximum absolute atomic E-state index is 11.0. The first-order chi connectivity index (χ1) is 6.61. The number of rotatable bonds is 3. The van der Waals surface area contributed by atoms with E-state index >= 15 is 0 Å². The summed E-state index contributed by atoms with van der Waals surface area (Å²) >= 11 is 0. The summed E-state index contributed by atoms with van der Waals surface area (Å²) < 4.78 is 4.64. The molecule has 4 heteroatoms. The van der Waals surface area contributed by atoms with Gasteiger partial charge in [-0.25, -0.2) is 0 Å². The van der Waals surface area contributed by atoms with Crippen molar-refractivity contribution in [1.82, 2.24) is 5.01 Å². The van der Waals surface area contributed by atoms with Crippen LogP contribution in [0.4, 0.5) is 0 Å². The molecule has 0 spiro atoms. The number of ether oxygens (including phenoxy) is 1. The SMILES string of the molecule is COC(=O)CC1CC/C(=N/N(C)C)C1. The third-order valence-electron chi connectivity index (χ3n) is 2.39. The van der Waals surface area contributed by atoms with E-state index in [1.54, 1.807) is 0 Å². The van der Waals surface area contributed by atoms with Crippen molar-refractivity contribution >= 4 is 11.7 Å². The molecule has 1 saturated carbocycles. The van der Waals surface area contributed by atoms with Crippen molar-refractivity contribution in [2.45, 2.75) is 25.7 Å². The van der Waals surface area contributed by atoms with E-state index in [1.165, 1.54) is 12.8 Å². The molecule has 0 aromatic rings. The van der Waals surface area contributed by atoms with Gasteiger partial charge >= 0.3 is 5.97 Å². The second kappa shape index (κ2) is 4.98. The predicted molar refractivity (Wildman–Crippen MR) is 55.1 cm³/mol. The quantitative estimate of drug-likeness (QED) is 0.506. The van der Waals surface area contributed by atoms with Crippen LogP contribution in [0.3, 0.4) is 0 Å². The fourth-order valence-corrected chi connectivity index (χ4v) is 1.78. The Kier molecular flexibility index (Phi) is 3.92. The topological polar surface area (TPSA) is 41.9 Å². The van der Waals surface area contributed by atoms with Gasteiger partial charge in [0.25, 0.3) is 0 Å². The number of hydrogen-bond donors (Lipinski definition) is 0. The third-order valence-corrected chi connectivity index (χ3v) is 2.39. The zero-order valence-corrected chi connectivity index (χ0v) is 9.12. The highest BCUT2D eigenvalue weighted by molar-refractivity contribution is 5.87. The van der Waals surface area contributed by atoms with Crippen molar-refractivity contribution in [3.05, 3.63) is 0 Å². The minimum absolute atomic E-state index is 0.110. The average molecular weight is 198 g/mol. The minimum Gasteiger partial charge on any atom is -0.469 e. The van der Waals surface area contributed by atoms with E-state index in [1.807, 2.05) is 19.1 Å². The molecule has 1 fully saturated rings. The summed E-state index contributed by atoms with van der Waals surface area (Å²) in [4.78, 5) is 11.0. The van der Waals surface area contributed by atoms with E-state index < -0.39 is 0 Å². The van der Waals surface area contributed by atoms with Crippen LogP contribution in [-0.4, -0.2) is 37.9 Å². The molecule has 1 rings (SSSR count). The lowest BCUT2D eigenvalue weighted by atomic mass is 10.0. The second-order valence-electron chi connectivity index (χ2n) is 3.90. The number of nitrogens with zero attached hydrogens (tertiary/aromatic N) is 2. The molecule has 1 aliphatic rings. The van der Waals surface area contributed by atoms with Gasteiger partial charge < -0.3 is 9.75 Å². The van der Waals surface area contributed by atoms with Crippen LogP contribution in [0.25, 0.3) is 0 Å². The summed E-state index contributed by atoms with van der Waals surface area (Å²) in [5.74, 6) is 0.322. The normalized spacial score (nSPS) is 23.9. The second-order valence-corrected chi connectivity index (χ2v) is 3.90. The van der Waals surface area contributed by atoms with Gasteiger partial charge in [-0.15, -0.1) is 0 Å². The number of carbonyl (C=O) groups is 1. The van der Waals surface area contributed by atoms with Gasteiger partial charge in [0.1, 0.15) is 0 Å². The predicted octanol–water partition coefficient (Wildman–Crippen LogP) is 1.27. The van der Waals surface area contributed by atoms with E-state index in [0.29, 0.717) is 12.3 Å². The van der Waals surface area contributed by atoms with Crippen LogP contribution in [0.2, 0.25) is 0 Å². The first-order valence-electron chi connectivity index (χ1n) is 4.92. The molecular weight excluding hydrogens is 180 g/mol. The van der Waals surface area contributed by atoms with E-state index in [9.17, 15) is 4.79 Å². The van der Waals surface area contributed by atoms with E-state index in [0.717, 1.165) is 19.3 Å². The highest BCUT2D eigenvalue weighted by Gasteiger charge is 2.23. The van der Waals surface area contributed by atoms with Crippen LogP contribution in [0.1, 0.15) is 25.7 Å². The molecule has 0 aromatic heterocycles. The van der Waals surface area contributed by atoms with Crippen molar-refractivity contribution in [3.63, 3.8) is 0 Å². The van der Waals surface area contributed by atoms with Crippen LogP contribution in [0.15, 0.2) is 5.10 Å². The van der Waals surface area contributed by atoms with Gasteiger partial charge in [-0.2, -0.15) is 5.10 Å². The van der Waals surface area contributed by atoms with Gasteiger partial charge in [-0.3, -0.25) is 4.79 Å². The smallest absolute Gasteiger partial charge is 0.305 e. The number of esters is 1. The highest BCUT2D eigenvalue weighted by Crippen LogP contribution is 2.26. The third kappa shape index (κ3) is 3.36. The molecular formula is C10H18N2O2. The Balaban J connectivity index is 2.38. The molecule has 0 bridgehead atoms. The van der Waals surface area contributed by atoms with Gasteiger partial charge in [-0.05, 0) is 25.2 Å². The lowest BCUT2D eigenvalue weighted by Crippen LogP contribution is -2.09. The summed E-state index contributed by atoms with van der Waals surface area (Å²) in [7, 11) is 5.27. The van der Waals surface area contributed by atoms with E-state index in [2.05, 4.69) is 9.84 Å². The molecule has 0 heterocycles. The number of methoxy groups -OCH3 is 1. The Hall–Kier alpha value is -1.06. The molecule has 0 saturated heterocycles. The monoisotopic (exact) mass is 198 g/mol. The molecule has 1 unspecified atom stereocenters. The molecule has 14 heavy (non-hydrogen) atoms. The van der Waals surface area contributed by atoms with Crippen molar-refractivity contribution in [1.29, 1.82) is 0 Å². The Morgan fingerprint density at radius 3 is 2.93 bits per heavy atom. The zero-order chi connectivity index (χ0) is 10.6. The number of hydrazone groups is 1. The van der Waals surface area contributed by atoms with Gasteiger partial charge in [-0.1, -0.05) is 0 Å². The summed E-state index contributed by atoms with van der Waals surface area (Å²) in [5, 5.41) is 6.17. The Labute approximate surface area is 84.9 Å². The fraction of sp³-hybridized carbons (Fsp3) is 0.800. The van der Waals surface area contributed by atoms with Gasteiger partial charge in [0.15, 0.2) is 0 Å². The van der Waals surface area contributed by atoms with Crippen LogP contribution in [0, 0.1) is 5.92 Å². The van der Waals surface area contributed by atoms with Crippen LogP contribution >= 0.6 is 0 Å². The summed E-state index contributed by atoms with van der Waals surface area (Å²) in [6.45, 7) is 0. The fourth-order valence-electron chi connectivity index (χ4n) is 1.78. The summed E-state index contributed by atoms with van der Waals surface area (Å²) in [6.07, 6.45) is 3.54. The summed E-state index contributed by atoms with van der Waals surface area (Å²) in [6, 6.07) is 0. The van der Waals surface area contributed by atoms with E-state index in [-0.39, 0.29) is 5.97 Å². The van der Waals surface area contributed by atoms with E-state index in [4.69, 9.17) is 0 Å². The number of carbonyl (C=O) groups excluding carboxylic acids is 1. The first-order valence-corrected chi connectivity index (χ1v) is 4.92. The van der Waals surface area contributed by atoms with Crippen molar-refractivity contribution in [2.24, 2.45) is 11.0 Å². The lowest BCUT2D eigenvalue weighted by Gasteiger charge is -2.07. The molecule has 0 radical (unpaired) electrons. The molecule has 1 aliphatic carbocycles. The molecule has 1 atom stereocenters. The van der Waals surface area contributed by atoms with Crippen molar-refractivity contribution in [3.8, 4) is 0 Å². The Bertz CT molecular complexity index is 236. The molecule has 80 valence electrons. The zero-order valence-electron chi connectivity index (χ0n) is 9.12. The van der Waals surface area contributed by atoms with Crippen molar-refractivity contribution < 1.29 is 9.53 Å². The van der Waals surface area contributed by atoms with Crippen LogP contribution in [0.5, 0.6) is 0 Å². The maximum atomic E-state index is 11.0. The highest BCUT2D eigenvalue weighted by atomic mass is 16.5. The summed E-state index contributed by atoms with van der Waals surface area (Å²) in [5.41, 5.74) is 1.20. The minimum atomic E-state index is -0.110. The van der Waals surface area contributed by atoms with Gasteiger partial charge in [0, 0.05) is 26.2 Å². The molecule has 0 aliphatic heterocycles. The average Bonchev–Trinajstić information content (AvgIpc) is 2.51. The lowest BCUT2D eigenvalue weighted by molar-refractivity contribution is -0.141. The number of hydrogen-bond acceptors (Lipinski definition) is 4. The largest absolute Gasteiger partial charge is 0.469 e. The standard InChI is InChI=1S/C10H18N2O2/c1-12(2)11-9-5-4-8(6-9)7-10(13)14-3/h8H,4-7H2,1-3H3/b11-9-. The Morgan fingerprint density at radius 2 is 2.36 bits per heavy atom. The Morgan fingerprint density at radius 1 is 1.64 bits per heavy atom. The molecule has 0 aromatic carbocycles. The van der Waals surface area contributed by atoms with Crippen LogP contribution < -0.4 is 0 Å². The van der Waals surface area contributed by atoms with Crippen LogP contribution in [-0.2, 0) is 9.53 Å². The molecule has 0 N–H and O–H groups in total. The molecule has 4 nitrogen and oxygen atoms in total. The first kappa shape index (κ1) is 11.0. The van der Waals surface area contributed by atoms with Crippen molar-refractivity contribution in [2.75, 3.05) is 21.2 Å². The molecule has 0 amide bonds. The maximum Gasteiger partial charge on any atom is 0.305 e. The van der Waals surface area contributed by atoms with Gasteiger partial charge in [0.2, 0.25) is 0 Å².